The van der Waals surface area contributed by atoms with Crippen molar-refractivity contribution in [1.82, 2.24) is 15.3 Å². The lowest BCUT2D eigenvalue weighted by molar-refractivity contribution is 0.659. The normalized spacial score (nSPS) is 12.2. The Morgan fingerprint density at radius 3 is 2.95 bits per heavy atom. The summed E-state index contributed by atoms with van der Waals surface area (Å²) in [6.45, 7) is 5.82. The molecule has 1 aromatic heterocycles. The van der Waals surface area contributed by atoms with Gasteiger partial charge >= 0.3 is 0 Å². The predicted octanol–water partition coefficient (Wildman–Crippen LogP) is 2.06. The highest BCUT2D eigenvalue weighted by atomic mass is 15.1. The van der Waals surface area contributed by atoms with Crippen LogP contribution < -0.4 is 11.1 Å². The summed E-state index contributed by atoms with van der Waals surface area (Å²) >= 11 is 0. The molecule has 1 heterocycles. The third-order valence-corrected chi connectivity index (χ3v) is 2.96. The van der Waals surface area contributed by atoms with Crippen molar-refractivity contribution in [3.8, 4) is 0 Å². The van der Waals surface area contributed by atoms with Crippen LogP contribution in [0.5, 0.6) is 0 Å². The number of nitrogens with one attached hydrogen (secondary N) is 2. The Balaban J connectivity index is 1.74. The Kier molecular flexibility index (Phi) is 4.98. The van der Waals surface area contributed by atoms with Crippen molar-refractivity contribution in [3.05, 3.63) is 30.1 Å². The molecule has 4 N–H and O–H groups in total. The van der Waals surface area contributed by atoms with Crippen molar-refractivity contribution < 1.29 is 0 Å². The zero-order valence-electron chi connectivity index (χ0n) is 12.2. The zero-order chi connectivity index (χ0) is 14.4. The highest BCUT2D eigenvalue weighted by Gasteiger charge is 2.01. The molecule has 2 aromatic rings. The van der Waals surface area contributed by atoms with E-state index in [-0.39, 0.29) is 0 Å². The number of H-pyrrole nitrogens is 1. The summed E-state index contributed by atoms with van der Waals surface area (Å²) in [5.74, 6) is 2.08. The molecule has 0 aliphatic heterocycles. The lowest BCUT2D eigenvalue weighted by Crippen LogP contribution is -2.33. The minimum absolute atomic E-state index is 0.531. The van der Waals surface area contributed by atoms with Gasteiger partial charge in [-0.15, -0.1) is 0 Å². The van der Waals surface area contributed by atoms with Gasteiger partial charge in [-0.2, -0.15) is 0 Å². The van der Waals surface area contributed by atoms with Gasteiger partial charge in [0.05, 0.1) is 11.0 Å². The van der Waals surface area contributed by atoms with Crippen LogP contribution >= 0.6 is 0 Å². The molecule has 0 radical (unpaired) electrons. The molecule has 0 amide bonds. The molecule has 0 bridgehead atoms. The zero-order valence-corrected chi connectivity index (χ0v) is 12.2. The van der Waals surface area contributed by atoms with E-state index in [4.69, 9.17) is 5.73 Å². The van der Waals surface area contributed by atoms with Crippen LogP contribution in [0.1, 0.15) is 26.1 Å². The fourth-order valence-electron chi connectivity index (χ4n) is 1.93. The summed E-state index contributed by atoms with van der Waals surface area (Å²) in [6, 6.07) is 8.07. The van der Waals surface area contributed by atoms with Crippen molar-refractivity contribution in [2.24, 2.45) is 16.6 Å². The van der Waals surface area contributed by atoms with Crippen LogP contribution in [0.15, 0.2) is 29.3 Å². The monoisotopic (exact) mass is 273 g/mol. The summed E-state index contributed by atoms with van der Waals surface area (Å²) in [7, 11) is 0. The number of rotatable bonds is 6. The number of aliphatic imine (C=N–C) groups is 1. The molecule has 20 heavy (non-hydrogen) atoms. The largest absolute Gasteiger partial charge is 0.370 e. The topological polar surface area (TPSA) is 79.1 Å². The minimum Gasteiger partial charge on any atom is -0.370 e. The molecule has 0 atom stereocenters. The molecule has 0 spiro atoms. The summed E-state index contributed by atoms with van der Waals surface area (Å²) in [5, 5.41) is 3.13. The number of aryl methyl sites for hydroxylation is 1. The molecule has 5 heteroatoms. The number of aromatic nitrogens is 2. The van der Waals surface area contributed by atoms with Gasteiger partial charge in [0.25, 0.3) is 0 Å². The van der Waals surface area contributed by atoms with Gasteiger partial charge in [0, 0.05) is 19.5 Å². The van der Waals surface area contributed by atoms with E-state index in [2.05, 4.69) is 34.1 Å². The lowest BCUT2D eigenvalue weighted by atomic mass is 10.2. The fourth-order valence-corrected chi connectivity index (χ4v) is 1.93. The number of hydrogen-bond donors (Lipinski definition) is 3. The minimum atomic E-state index is 0.531. The first-order valence-electron chi connectivity index (χ1n) is 7.12. The van der Waals surface area contributed by atoms with Crippen LogP contribution in [0, 0.1) is 5.92 Å². The number of aromatic amines is 1. The first kappa shape index (κ1) is 14.4. The number of guanidine groups is 1. The van der Waals surface area contributed by atoms with E-state index in [0.717, 1.165) is 42.8 Å². The van der Waals surface area contributed by atoms with Crippen molar-refractivity contribution in [2.45, 2.75) is 26.7 Å². The molecule has 0 fully saturated rings. The molecule has 0 aliphatic rings. The second kappa shape index (κ2) is 6.93. The molecule has 2 rings (SSSR count). The van der Waals surface area contributed by atoms with E-state index in [1.54, 1.807) is 0 Å². The lowest BCUT2D eigenvalue weighted by Gasteiger charge is -2.05. The molecule has 5 nitrogen and oxygen atoms in total. The molecule has 0 aliphatic carbocycles. The number of nitrogens with zero attached hydrogens (tertiary/aromatic N) is 2. The number of para-hydroxylation sites is 2. The Morgan fingerprint density at radius 2 is 2.20 bits per heavy atom. The number of benzene rings is 1. The summed E-state index contributed by atoms with van der Waals surface area (Å²) in [6.07, 6.45) is 1.87. The van der Waals surface area contributed by atoms with E-state index in [1.807, 2.05) is 24.3 Å². The van der Waals surface area contributed by atoms with E-state index < -0.39 is 0 Å². The Labute approximate surface area is 119 Å². The summed E-state index contributed by atoms with van der Waals surface area (Å²) in [5.41, 5.74) is 7.89. The van der Waals surface area contributed by atoms with Gasteiger partial charge in [0.2, 0.25) is 0 Å². The first-order valence-corrected chi connectivity index (χ1v) is 7.12. The Bertz CT molecular complexity index is 537. The molecule has 0 saturated carbocycles. The van der Waals surface area contributed by atoms with E-state index >= 15 is 0 Å². The number of hydrogen-bond acceptors (Lipinski definition) is 2. The Morgan fingerprint density at radius 1 is 1.40 bits per heavy atom. The molecule has 0 unspecified atom stereocenters. The van der Waals surface area contributed by atoms with Crippen LogP contribution in [0.25, 0.3) is 11.0 Å². The summed E-state index contributed by atoms with van der Waals surface area (Å²) < 4.78 is 0. The highest BCUT2D eigenvalue weighted by Crippen LogP contribution is 2.10. The van der Waals surface area contributed by atoms with Gasteiger partial charge in [-0.1, -0.05) is 26.0 Å². The third kappa shape index (κ3) is 4.26. The van der Waals surface area contributed by atoms with Gasteiger partial charge in [-0.05, 0) is 24.5 Å². The van der Waals surface area contributed by atoms with Crippen molar-refractivity contribution >= 4 is 17.0 Å². The molecule has 1 aromatic carbocycles. The summed E-state index contributed by atoms with van der Waals surface area (Å²) in [4.78, 5) is 12.1. The van der Waals surface area contributed by atoms with E-state index in [1.165, 1.54) is 0 Å². The van der Waals surface area contributed by atoms with Crippen LogP contribution in [-0.2, 0) is 6.42 Å². The average molecular weight is 273 g/mol. The smallest absolute Gasteiger partial charge is 0.188 e. The van der Waals surface area contributed by atoms with Gasteiger partial charge in [0.15, 0.2) is 5.96 Å². The Hall–Kier alpha value is -2.04. The molecule has 0 saturated heterocycles. The van der Waals surface area contributed by atoms with Gasteiger partial charge in [-0.25, -0.2) is 4.98 Å². The first-order chi connectivity index (χ1) is 9.65. The maximum absolute atomic E-state index is 5.78. The van der Waals surface area contributed by atoms with Crippen LogP contribution in [0.3, 0.4) is 0 Å². The highest BCUT2D eigenvalue weighted by molar-refractivity contribution is 5.77. The third-order valence-electron chi connectivity index (χ3n) is 2.96. The SMILES string of the molecule is CC(C)CN=C(N)NCCCc1nc2ccccc2[nH]1. The van der Waals surface area contributed by atoms with Gasteiger partial charge in [0.1, 0.15) is 5.82 Å². The average Bonchev–Trinajstić information content (AvgIpc) is 2.84. The number of fused-ring (bicyclic) bond motifs is 1. The number of imidazole rings is 1. The second-order valence-electron chi connectivity index (χ2n) is 5.35. The standard InChI is InChI=1S/C15H23N5/c1-11(2)10-18-15(16)17-9-5-8-14-19-12-6-3-4-7-13(12)20-14/h3-4,6-7,11H,5,8-10H2,1-2H3,(H,19,20)(H3,16,17,18). The molecular weight excluding hydrogens is 250 g/mol. The fraction of sp³-hybridized carbons (Fsp3) is 0.467. The van der Waals surface area contributed by atoms with Crippen molar-refractivity contribution in [1.29, 1.82) is 0 Å². The van der Waals surface area contributed by atoms with Crippen LogP contribution in [-0.4, -0.2) is 29.0 Å². The predicted molar refractivity (Wildman–Crippen MR) is 83.7 cm³/mol. The van der Waals surface area contributed by atoms with Crippen molar-refractivity contribution in [2.75, 3.05) is 13.1 Å². The maximum Gasteiger partial charge on any atom is 0.188 e. The molecule has 108 valence electrons. The number of nitrogens with two attached hydrogens (primary N) is 1. The van der Waals surface area contributed by atoms with Crippen LogP contribution in [0.4, 0.5) is 0 Å². The second-order valence-corrected chi connectivity index (χ2v) is 5.35. The van der Waals surface area contributed by atoms with Crippen molar-refractivity contribution in [3.63, 3.8) is 0 Å². The quantitative estimate of drug-likeness (QED) is 0.428. The molecular formula is C15H23N5. The van der Waals surface area contributed by atoms with Gasteiger partial charge in [-0.3, -0.25) is 4.99 Å². The van der Waals surface area contributed by atoms with E-state index in [9.17, 15) is 0 Å². The van der Waals surface area contributed by atoms with Crippen LogP contribution in [0.2, 0.25) is 0 Å². The maximum atomic E-state index is 5.78. The van der Waals surface area contributed by atoms with Gasteiger partial charge < -0.3 is 16.0 Å². The van der Waals surface area contributed by atoms with E-state index in [0.29, 0.717) is 11.9 Å².